The predicted molar refractivity (Wildman–Crippen MR) is 82.3 cm³/mol. The van der Waals surface area contributed by atoms with Crippen molar-refractivity contribution in [3.05, 3.63) is 35.4 Å². The predicted octanol–water partition coefficient (Wildman–Crippen LogP) is 2.90. The summed E-state index contributed by atoms with van der Waals surface area (Å²) in [5, 5.41) is 0. The molecule has 0 heterocycles. The third-order valence-electron chi connectivity index (χ3n) is 4.50. The highest BCUT2D eigenvalue weighted by atomic mass is 19.1. The van der Waals surface area contributed by atoms with Gasteiger partial charge in [0.1, 0.15) is 11.6 Å². The number of nitrogens with two attached hydrogens (primary N) is 1. The van der Waals surface area contributed by atoms with Gasteiger partial charge in [0.2, 0.25) is 5.91 Å². The molecule has 2 rings (SSSR count). The monoisotopic (exact) mass is 310 g/mol. The van der Waals surface area contributed by atoms with Gasteiger partial charge in [-0.2, -0.15) is 0 Å². The van der Waals surface area contributed by atoms with Crippen LogP contribution in [0.4, 0.5) is 8.78 Å². The first kappa shape index (κ1) is 16.9. The Kier molecular flexibility index (Phi) is 5.16. The van der Waals surface area contributed by atoms with Crippen LogP contribution in [-0.2, 0) is 4.79 Å². The van der Waals surface area contributed by atoms with Crippen molar-refractivity contribution in [3.8, 4) is 0 Å². The van der Waals surface area contributed by atoms with Crippen molar-refractivity contribution in [1.29, 1.82) is 0 Å². The van der Waals surface area contributed by atoms with E-state index >= 15 is 0 Å². The van der Waals surface area contributed by atoms with Gasteiger partial charge in [0.25, 0.3) is 0 Å². The van der Waals surface area contributed by atoms with Gasteiger partial charge in [-0.3, -0.25) is 4.79 Å². The van der Waals surface area contributed by atoms with Crippen LogP contribution in [-0.4, -0.2) is 30.4 Å². The van der Waals surface area contributed by atoms with Gasteiger partial charge in [0.15, 0.2) is 0 Å². The molecule has 3 unspecified atom stereocenters. The summed E-state index contributed by atoms with van der Waals surface area (Å²) in [6.07, 6.45) is 1.38. The summed E-state index contributed by atoms with van der Waals surface area (Å²) in [7, 11) is 1.76. The lowest BCUT2D eigenvalue weighted by Gasteiger charge is -2.21. The molecule has 1 aromatic rings. The standard InChI is InChI=1S/C17H24F2N2O/c1-10(2)16(20)6-7-21(3)17(22)14-9-13(14)12-5-4-11(18)8-15(12)19/h4-5,8,10,13-14,16H,6-7,9,20H2,1-3H3. The summed E-state index contributed by atoms with van der Waals surface area (Å²) in [5.41, 5.74) is 6.42. The Morgan fingerprint density at radius 1 is 1.41 bits per heavy atom. The fourth-order valence-electron chi connectivity index (χ4n) is 2.68. The minimum Gasteiger partial charge on any atom is -0.345 e. The summed E-state index contributed by atoms with van der Waals surface area (Å²) in [6, 6.07) is 3.63. The maximum atomic E-state index is 13.7. The molecule has 0 saturated heterocycles. The Bertz CT molecular complexity index is 547. The van der Waals surface area contributed by atoms with Gasteiger partial charge in [-0.1, -0.05) is 19.9 Å². The molecule has 2 N–H and O–H groups in total. The largest absolute Gasteiger partial charge is 0.345 e. The van der Waals surface area contributed by atoms with Gasteiger partial charge in [0.05, 0.1) is 0 Å². The van der Waals surface area contributed by atoms with E-state index in [1.54, 1.807) is 11.9 Å². The molecule has 3 atom stereocenters. The molecule has 0 bridgehead atoms. The van der Waals surface area contributed by atoms with Crippen LogP contribution in [0.2, 0.25) is 0 Å². The third kappa shape index (κ3) is 3.83. The number of carbonyl (C=O) groups is 1. The minimum atomic E-state index is -0.593. The quantitative estimate of drug-likeness (QED) is 0.878. The average molecular weight is 310 g/mol. The van der Waals surface area contributed by atoms with Crippen molar-refractivity contribution in [2.24, 2.45) is 17.6 Å². The van der Waals surface area contributed by atoms with E-state index < -0.39 is 11.6 Å². The molecular weight excluding hydrogens is 286 g/mol. The number of hydrogen-bond acceptors (Lipinski definition) is 2. The first-order chi connectivity index (χ1) is 10.3. The Labute approximate surface area is 130 Å². The normalized spacial score (nSPS) is 21.8. The number of rotatable bonds is 6. The van der Waals surface area contributed by atoms with E-state index in [0.717, 1.165) is 12.5 Å². The van der Waals surface area contributed by atoms with Crippen LogP contribution in [0.25, 0.3) is 0 Å². The molecule has 1 amide bonds. The third-order valence-corrected chi connectivity index (χ3v) is 4.50. The van der Waals surface area contributed by atoms with Crippen LogP contribution >= 0.6 is 0 Å². The van der Waals surface area contributed by atoms with Crippen LogP contribution in [0.15, 0.2) is 18.2 Å². The van der Waals surface area contributed by atoms with Crippen molar-refractivity contribution in [2.75, 3.05) is 13.6 Å². The number of hydrogen-bond donors (Lipinski definition) is 1. The number of carbonyl (C=O) groups excluding carboxylic acids is 1. The van der Waals surface area contributed by atoms with E-state index in [4.69, 9.17) is 5.73 Å². The zero-order chi connectivity index (χ0) is 16.4. The molecule has 1 aliphatic rings. The molecule has 1 aliphatic carbocycles. The van der Waals surface area contributed by atoms with Gasteiger partial charge < -0.3 is 10.6 Å². The van der Waals surface area contributed by atoms with E-state index in [1.165, 1.54) is 12.1 Å². The molecule has 0 spiro atoms. The molecule has 0 radical (unpaired) electrons. The lowest BCUT2D eigenvalue weighted by atomic mass is 10.0. The Hall–Kier alpha value is -1.49. The maximum Gasteiger partial charge on any atom is 0.226 e. The second-order valence-corrected chi connectivity index (χ2v) is 6.57. The molecule has 1 saturated carbocycles. The first-order valence-electron chi connectivity index (χ1n) is 7.76. The van der Waals surface area contributed by atoms with Crippen LogP contribution in [0.3, 0.4) is 0 Å². The van der Waals surface area contributed by atoms with Crippen LogP contribution in [0, 0.1) is 23.5 Å². The van der Waals surface area contributed by atoms with E-state index in [0.29, 0.717) is 24.4 Å². The molecule has 0 aliphatic heterocycles. The number of amides is 1. The van der Waals surface area contributed by atoms with E-state index in [-0.39, 0.29) is 23.8 Å². The zero-order valence-corrected chi connectivity index (χ0v) is 13.4. The Morgan fingerprint density at radius 3 is 2.68 bits per heavy atom. The highest BCUT2D eigenvalue weighted by molar-refractivity contribution is 5.82. The molecule has 22 heavy (non-hydrogen) atoms. The molecule has 5 heteroatoms. The SMILES string of the molecule is CC(C)C(N)CCN(C)C(=O)C1CC1c1ccc(F)cc1F. The number of nitrogens with zero attached hydrogens (tertiary/aromatic N) is 1. The van der Waals surface area contributed by atoms with Crippen LogP contribution < -0.4 is 5.73 Å². The van der Waals surface area contributed by atoms with E-state index in [2.05, 4.69) is 13.8 Å². The summed E-state index contributed by atoms with van der Waals surface area (Å²) in [5.74, 6) is -1.08. The van der Waals surface area contributed by atoms with E-state index in [9.17, 15) is 13.6 Å². The van der Waals surface area contributed by atoms with Crippen molar-refractivity contribution >= 4 is 5.91 Å². The van der Waals surface area contributed by atoms with Crippen LogP contribution in [0.1, 0.15) is 38.2 Å². The molecule has 122 valence electrons. The molecule has 3 nitrogen and oxygen atoms in total. The molecular formula is C17H24F2N2O. The number of benzene rings is 1. The second-order valence-electron chi connectivity index (χ2n) is 6.57. The summed E-state index contributed by atoms with van der Waals surface area (Å²) in [6.45, 7) is 4.72. The summed E-state index contributed by atoms with van der Waals surface area (Å²) >= 11 is 0. The summed E-state index contributed by atoms with van der Waals surface area (Å²) < 4.78 is 26.7. The van der Waals surface area contributed by atoms with Gasteiger partial charge in [-0.15, -0.1) is 0 Å². The van der Waals surface area contributed by atoms with Gasteiger partial charge in [0, 0.05) is 31.6 Å². The highest BCUT2D eigenvalue weighted by Crippen LogP contribution is 2.49. The topological polar surface area (TPSA) is 46.3 Å². The van der Waals surface area contributed by atoms with Crippen molar-refractivity contribution < 1.29 is 13.6 Å². The smallest absolute Gasteiger partial charge is 0.226 e. The average Bonchev–Trinajstić information content (AvgIpc) is 3.23. The lowest BCUT2D eigenvalue weighted by Crippen LogP contribution is -2.35. The Morgan fingerprint density at radius 2 is 2.09 bits per heavy atom. The van der Waals surface area contributed by atoms with Gasteiger partial charge >= 0.3 is 0 Å². The second kappa shape index (κ2) is 6.73. The molecule has 1 aromatic carbocycles. The fraction of sp³-hybridized carbons (Fsp3) is 0.588. The van der Waals surface area contributed by atoms with Crippen molar-refractivity contribution in [3.63, 3.8) is 0 Å². The van der Waals surface area contributed by atoms with Crippen molar-refractivity contribution in [1.82, 2.24) is 4.90 Å². The maximum absolute atomic E-state index is 13.7. The number of halogens is 2. The lowest BCUT2D eigenvalue weighted by molar-refractivity contribution is -0.131. The molecule has 1 fully saturated rings. The Balaban J connectivity index is 1.90. The van der Waals surface area contributed by atoms with Gasteiger partial charge in [-0.05, 0) is 36.3 Å². The fourth-order valence-corrected chi connectivity index (χ4v) is 2.68. The minimum absolute atomic E-state index is 0.0182. The van der Waals surface area contributed by atoms with Crippen molar-refractivity contribution in [2.45, 2.75) is 38.6 Å². The highest BCUT2D eigenvalue weighted by Gasteiger charge is 2.46. The van der Waals surface area contributed by atoms with E-state index in [1.807, 2.05) is 0 Å². The first-order valence-corrected chi connectivity index (χ1v) is 7.76. The molecule has 0 aromatic heterocycles. The van der Waals surface area contributed by atoms with Crippen LogP contribution in [0.5, 0.6) is 0 Å². The summed E-state index contributed by atoms with van der Waals surface area (Å²) in [4.78, 5) is 14.0. The van der Waals surface area contributed by atoms with Gasteiger partial charge in [-0.25, -0.2) is 8.78 Å². The zero-order valence-electron chi connectivity index (χ0n) is 13.4.